The van der Waals surface area contributed by atoms with Gasteiger partial charge in [0.2, 0.25) is 0 Å². The lowest BCUT2D eigenvalue weighted by atomic mass is 10.0. The van der Waals surface area contributed by atoms with Crippen molar-refractivity contribution in [1.82, 2.24) is 14.8 Å². The maximum atomic E-state index is 9.23. The molecule has 0 aliphatic heterocycles. The summed E-state index contributed by atoms with van der Waals surface area (Å²) in [6, 6.07) is 24.7. The van der Waals surface area contributed by atoms with Crippen molar-refractivity contribution in [3.8, 4) is 6.07 Å². The Morgan fingerprint density at radius 2 is 1.67 bits per heavy atom. The number of thioether (sulfide) groups is 1. The van der Waals surface area contributed by atoms with Gasteiger partial charge in [-0.1, -0.05) is 72.4 Å². The van der Waals surface area contributed by atoms with Gasteiger partial charge < -0.3 is 4.57 Å². The third-order valence-corrected chi connectivity index (χ3v) is 5.72. The number of fused-ring (bicyclic) bond motifs is 1. The fourth-order valence-electron chi connectivity index (χ4n) is 3.14. The van der Waals surface area contributed by atoms with Gasteiger partial charge in [-0.15, -0.1) is 10.2 Å². The molecule has 5 heteroatoms. The second-order valence-corrected chi connectivity index (χ2v) is 7.27. The summed E-state index contributed by atoms with van der Waals surface area (Å²) in [5, 5.41) is 21.3. The lowest BCUT2D eigenvalue weighted by Crippen LogP contribution is -2.01. The Kier molecular flexibility index (Phi) is 4.91. The van der Waals surface area contributed by atoms with E-state index in [1.807, 2.05) is 35.9 Å². The first-order valence-corrected chi connectivity index (χ1v) is 9.70. The third-order valence-electron chi connectivity index (χ3n) is 4.65. The molecule has 0 bridgehead atoms. The first-order chi connectivity index (χ1) is 13.3. The van der Waals surface area contributed by atoms with Gasteiger partial charge in [-0.2, -0.15) is 5.26 Å². The fraction of sp³-hybridized carbons (Fsp3) is 0.136. The van der Waals surface area contributed by atoms with Crippen LogP contribution in [0.2, 0.25) is 0 Å². The molecule has 0 atom stereocenters. The van der Waals surface area contributed by atoms with Crippen LogP contribution in [0.3, 0.4) is 0 Å². The minimum atomic E-state index is 0.698. The first kappa shape index (κ1) is 17.3. The number of benzene rings is 3. The predicted octanol–water partition coefficient (Wildman–Crippen LogP) is 4.72. The molecule has 0 amide bonds. The molecule has 132 valence electrons. The van der Waals surface area contributed by atoms with Gasteiger partial charge in [0.1, 0.15) is 5.82 Å². The largest absolute Gasteiger partial charge is 0.309 e. The van der Waals surface area contributed by atoms with Crippen molar-refractivity contribution in [2.45, 2.75) is 17.3 Å². The Labute approximate surface area is 162 Å². The fourth-order valence-corrected chi connectivity index (χ4v) is 4.07. The SMILES string of the molecule is Cn1c(Cc2cccc3ccccc23)nnc1SCc1ccccc1C#N. The Bertz CT molecular complexity index is 1140. The number of nitriles is 1. The van der Waals surface area contributed by atoms with E-state index < -0.39 is 0 Å². The molecular weight excluding hydrogens is 352 g/mol. The summed E-state index contributed by atoms with van der Waals surface area (Å²) < 4.78 is 2.04. The molecule has 0 unspecified atom stereocenters. The van der Waals surface area contributed by atoms with Gasteiger partial charge in [-0.3, -0.25) is 0 Å². The summed E-state index contributed by atoms with van der Waals surface area (Å²) in [5.74, 6) is 1.63. The molecule has 0 aliphatic rings. The van der Waals surface area contributed by atoms with Gasteiger partial charge in [-0.05, 0) is 28.0 Å². The summed E-state index contributed by atoms with van der Waals surface area (Å²) in [6.07, 6.45) is 0.736. The van der Waals surface area contributed by atoms with Crippen LogP contribution in [0.15, 0.2) is 71.9 Å². The molecule has 1 aromatic heterocycles. The van der Waals surface area contributed by atoms with Crippen molar-refractivity contribution in [2.24, 2.45) is 7.05 Å². The predicted molar refractivity (Wildman–Crippen MR) is 108 cm³/mol. The van der Waals surface area contributed by atoms with Crippen molar-refractivity contribution < 1.29 is 0 Å². The van der Waals surface area contributed by atoms with Crippen molar-refractivity contribution in [3.05, 3.63) is 89.2 Å². The molecule has 4 rings (SSSR count). The lowest BCUT2D eigenvalue weighted by molar-refractivity contribution is 0.749. The smallest absolute Gasteiger partial charge is 0.191 e. The highest BCUT2D eigenvalue weighted by Gasteiger charge is 2.12. The van der Waals surface area contributed by atoms with Gasteiger partial charge in [0.15, 0.2) is 5.16 Å². The molecule has 0 aliphatic carbocycles. The van der Waals surface area contributed by atoms with Crippen molar-refractivity contribution >= 4 is 22.5 Å². The van der Waals surface area contributed by atoms with Crippen LogP contribution in [-0.4, -0.2) is 14.8 Å². The maximum Gasteiger partial charge on any atom is 0.191 e. The minimum Gasteiger partial charge on any atom is -0.309 e. The standard InChI is InChI=1S/C22H18N4S/c1-26-21(13-17-11-6-10-16-7-4-5-12-20(16)17)24-25-22(26)27-15-19-9-3-2-8-18(19)14-23/h2-12H,13,15H2,1H3. The zero-order valence-electron chi connectivity index (χ0n) is 15.0. The molecule has 0 radical (unpaired) electrons. The monoisotopic (exact) mass is 370 g/mol. The molecule has 27 heavy (non-hydrogen) atoms. The Balaban J connectivity index is 1.55. The van der Waals surface area contributed by atoms with Crippen molar-refractivity contribution in [3.63, 3.8) is 0 Å². The molecule has 0 saturated carbocycles. The molecule has 3 aromatic carbocycles. The van der Waals surface area contributed by atoms with Crippen LogP contribution < -0.4 is 0 Å². The van der Waals surface area contributed by atoms with Crippen molar-refractivity contribution in [1.29, 1.82) is 5.26 Å². The molecule has 4 nitrogen and oxygen atoms in total. The summed E-state index contributed by atoms with van der Waals surface area (Å²) >= 11 is 1.60. The molecule has 0 saturated heterocycles. The molecule has 0 fully saturated rings. The van der Waals surface area contributed by atoms with Gasteiger partial charge in [0.25, 0.3) is 0 Å². The maximum absolute atomic E-state index is 9.23. The Morgan fingerprint density at radius 3 is 2.56 bits per heavy atom. The molecule has 1 heterocycles. The molecule has 4 aromatic rings. The van der Waals surface area contributed by atoms with Crippen LogP contribution in [0, 0.1) is 11.3 Å². The van der Waals surface area contributed by atoms with Crippen LogP contribution in [-0.2, 0) is 19.2 Å². The zero-order valence-corrected chi connectivity index (χ0v) is 15.8. The van der Waals surface area contributed by atoms with Crippen LogP contribution in [0.25, 0.3) is 10.8 Å². The van der Waals surface area contributed by atoms with E-state index in [-0.39, 0.29) is 0 Å². The van der Waals surface area contributed by atoms with Crippen molar-refractivity contribution in [2.75, 3.05) is 0 Å². The molecule has 0 N–H and O–H groups in total. The Hall–Kier alpha value is -3.10. The third kappa shape index (κ3) is 3.57. The summed E-state index contributed by atoms with van der Waals surface area (Å²) in [4.78, 5) is 0. The highest BCUT2D eigenvalue weighted by Crippen LogP contribution is 2.25. The molecule has 0 spiro atoms. The summed E-state index contributed by atoms with van der Waals surface area (Å²) in [6.45, 7) is 0. The molecular formula is C22H18N4S. The van der Waals surface area contributed by atoms with Gasteiger partial charge >= 0.3 is 0 Å². The highest BCUT2D eigenvalue weighted by atomic mass is 32.2. The minimum absolute atomic E-state index is 0.698. The number of nitrogens with zero attached hydrogens (tertiary/aromatic N) is 4. The topological polar surface area (TPSA) is 54.5 Å². The van der Waals surface area contributed by atoms with E-state index >= 15 is 0 Å². The van der Waals surface area contributed by atoms with E-state index in [2.05, 4.69) is 58.7 Å². The second-order valence-electron chi connectivity index (χ2n) is 6.33. The number of hydrogen-bond acceptors (Lipinski definition) is 4. The van der Waals surface area contributed by atoms with E-state index in [4.69, 9.17) is 0 Å². The van der Waals surface area contributed by atoms with Gasteiger partial charge in [0.05, 0.1) is 11.6 Å². The van der Waals surface area contributed by atoms with E-state index in [9.17, 15) is 5.26 Å². The quantitative estimate of drug-likeness (QED) is 0.477. The van der Waals surface area contributed by atoms with Crippen LogP contribution >= 0.6 is 11.8 Å². The summed E-state index contributed by atoms with van der Waals surface area (Å²) in [5.41, 5.74) is 2.97. The number of aromatic nitrogens is 3. The highest BCUT2D eigenvalue weighted by molar-refractivity contribution is 7.98. The van der Waals surface area contributed by atoms with E-state index in [1.54, 1.807) is 11.8 Å². The summed E-state index contributed by atoms with van der Waals surface area (Å²) in [7, 11) is 2.00. The number of hydrogen-bond donors (Lipinski definition) is 0. The van der Waals surface area contributed by atoms with E-state index in [0.29, 0.717) is 11.3 Å². The van der Waals surface area contributed by atoms with Crippen LogP contribution in [0.1, 0.15) is 22.5 Å². The van der Waals surface area contributed by atoms with E-state index in [1.165, 1.54) is 16.3 Å². The number of rotatable bonds is 5. The average Bonchev–Trinajstić information content (AvgIpc) is 3.06. The second kappa shape index (κ2) is 7.65. The normalized spacial score (nSPS) is 10.8. The average molecular weight is 370 g/mol. The van der Waals surface area contributed by atoms with Gasteiger partial charge in [0, 0.05) is 19.2 Å². The first-order valence-electron chi connectivity index (χ1n) is 8.72. The van der Waals surface area contributed by atoms with Crippen LogP contribution in [0.5, 0.6) is 0 Å². The Morgan fingerprint density at radius 1 is 0.926 bits per heavy atom. The zero-order chi connectivity index (χ0) is 18.6. The lowest BCUT2D eigenvalue weighted by Gasteiger charge is -2.07. The van der Waals surface area contributed by atoms with Gasteiger partial charge in [-0.25, -0.2) is 0 Å². The van der Waals surface area contributed by atoms with E-state index in [0.717, 1.165) is 23.0 Å². The van der Waals surface area contributed by atoms with Crippen LogP contribution in [0.4, 0.5) is 0 Å².